The van der Waals surface area contributed by atoms with E-state index in [9.17, 15) is 0 Å². The average molecular weight is 707 g/mol. The van der Waals surface area contributed by atoms with Crippen molar-refractivity contribution in [3.05, 3.63) is 170 Å². The van der Waals surface area contributed by atoms with Crippen molar-refractivity contribution < 1.29 is 0 Å². The highest BCUT2D eigenvalue weighted by atomic mass is 32.1. The highest BCUT2D eigenvalue weighted by molar-refractivity contribution is 7.26. The van der Waals surface area contributed by atoms with E-state index < -0.39 is 0 Å². The fourth-order valence-corrected chi connectivity index (χ4v) is 10.2. The number of para-hydroxylation sites is 2. The maximum Gasteiger partial charge on any atom is 0.165 e. The van der Waals surface area contributed by atoms with E-state index in [0.29, 0.717) is 5.82 Å². The Morgan fingerprint density at radius 2 is 1.26 bits per heavy atom. The van der Waals surface area contributed by atoms with E-state index in [4.69, 9.17) is 15.0 Å². The van der Waals surface area contributed by atoms with Gasteiger partial charge in [0.2, 0.25) is 0 Å². The SMILES string of the molecule is C1=CCC(c2nc(-c3c4c(cc5sc6ccccc6c35)-c3cccc5cccc-4c35)nc(-c3cccc4c3c3ccccc3n4-c3ccccc3)n2)C=C1. The summed E-state index contributed by atoms with van der Waals surface area (Å²) in [4.78, 5) is 16.4. The maximum absolute atomic E-state index is 5.58. The van der Waals surface area contributed by atoms with Gasteiger partial charge < -0.3 is 4.57 Å². The lowest BCUT2D eigenvalue weighted by atomic mass is 9.93. The zero-order chi connectivity index (χ0) is 35.3. The molecule has 0 radical (unpaired) electrons. The standard InChI is InChI=1S/C49H30N4S/c1-3-14-30(15-4-1)47-50-48(36-24-13-26-39-43(36)33-20-7-9-25-38(33)53(39)31-18-5-2-6-19-31)52-49(51-47)46-44-35-23-12-17-29-16-11-22-32(42(29)35)37(44)28-41-45(46)34-21-8-10-27-40(34)54-41/h1-14,16-28,30H,15H2. The van der Waals surface area contributed by atoms with E-state index in [2.05, 4.69) is 168 Å². The van der Waals surface area contributed by atoms with Crippen LogP contribution in [-0.4, -0.2) is 19.5 Å². The minimum atomic E-state index is 0.0347. The van der Waals surface area contributed by atoms with Gasteiger partial charge >= 0.3 is 0 Å². The molecule has 0 N–H and O–H groups in total. The second-order valence-corrected chi connectivity index (χ2v) is 15.3. The van der Waals surface area contributed by atoms with E-state index in [0.717, 1.165) is 51.3 Å². The summed E-state index contributed by atoms with van der Waals surface area (Å²) in [6.07, 6.45) is 9.51. The summed E-state index contributed by atoms with van der Waals surface area (Å²) in [5.41, 5.74) is 10.4. The fourth-order valence-electron chi connectivity index (χ4n) is 9.00. The first kappa shape index (κ1) is 29.8. The first-order valence-corrected chi connectivity index (χ1v) is 19.3. The molecule has 1 unspecified atom stereocenters. The lowest BCUT2D eigenvalue weighted by molar-refractivity contribution is 0.764. The topological polar surface area (TPSA) is 43.6 Å². The first-order chi connectivity index (χ1) is 26.8. The summed E-state index contributed by atoms with van der Waals surface area (Å²) in [7, 11) is 0. The Labute approximate surface area is 315 Å². The summed E-state index contributed by atoms with van der Waals surface area (Å²) in [6, 6.07) is 50.4. The Kier molecular flexibility index (Phi) is 6.30. The van der Waals surface area contributed by atoms with Crippen molar-refractivity contribution in [2.75, 3.05) is 0 Å². The molecule has 2 aliphatic rings. The van der Waals surface area contributed by atoms with Gasteiger partial charge in [-0.2, -0.15) is 0 Å². The minimum absolute atomic E-state index is 0.0347. The summed E-state index contributed by atoms with van der Waals surface area (Å²) in [5, 5.41) is 7.30. The maximum atomic E-state index is 5.58. The third-order valence-corrected chi connectivity index (χ3v) is 12.4. The van der Waals surface area contributed by atoms with Gasteiger partial charge in [0.1, 0.15) is 5.82 Å². The number of thiophene rings is 1. The number of aromatic nitrogens is 4. The molecule has 252 valence electrons. The van der Waals surface area contributed by atoms with E-state index in [1.807, 2.05) is 11.3 Å². The summed E-state index contributed by atoms with van der Waals surface area (Å²) < 4.78 is 4.86. The molecule has 1 atom stereocenters. The number of benzene rings is 7. The molecule has 12 rings (SSSR count). The van der Waals surface area contributed by atoms with E-state index in [1.165, 1.54) is 58.6 Å². The molecule has 2 aliphatic carbocycles. The number of hydrogen-bond donors (Lipinski definition) is 0. The highest BCUT2D eigenvalue weighted by Crippen LogP contribution is 2.55. The first-order valence-electron chi connectivity index (χ1n) is 18.5. The van der Waals surface area contributed by atoms with Crippen LogP contribution >= 0.6 is 11.3 Å². The molecule has 0 saturated heterocycles. The Morgan fingerprint density at radius 3 is 2.13 bits per heavy atom. The molecule has 0 fully saturated rings. The van der Waals surface area contributed by atoms with Crippen molar-refractivity contribution >= 4 is 64.1 Å². The zero-order valence-corrected chi connectivity index (χ0v) is 29.9. The molecule has 0 amide bonds. The van der Waals surface area contributed by atoms with Gasteiger partial charge in [0.05, 0.1) is 11.0 Å². The quantitative estimate of drug-likeness (QED) is 0.183. The number of hydrogen-bond acceptors (Lipinski definition) is 4. The molecule has 4 nitrogen and oxygen atoms in total. The second kappa shape index (κ2) is 11.4. The van der Waals surface area contributed by atoms with Crippen LogP contribution in [0.25, 0.3) is 103 Å². The third kappa shape index (κ3) is 4.21. The molecule has 54 heavy (non-hydrogen) atoms. The van der Waals surface area contributed by atoms with Crippen LogP contribution in [0.4, 0.5) is 0 Å². The van der Waals surface area contributed by atoms with Gasteiger partial charge in [0.15, 0.2) is 11.6 Å². The Bertz CT molecular complexity index is 3250. The minimum Gasteiger partial charge on any atom is -0.309 e. The predicted octanol–water partition coefficient (Wildman–Crippen LogP) is 13.1. The van der Waals surface area contributed by atoms with Crippen LogP contribution in [0.1, 0.15) is 18.2 Å². The highest BCUT2D eigenvalue weighted by Gasteiger charge is 2.30. The largest absolute Gasteiger partial charge is 0.309 e. The van der Waals surface area contributed by atoms with Crippen LogP contribution in [-0.2, 0) is 0 Å². The Morgan fingerprint density at radius 1 is 0.519 bits per heavy atom. The molecule has 0 spiro atoms. The van der Waals surface area contributed by atoms with Gasteiger partial charge in [-0.3, -0.25) is 0 Å². The molecule has 3 aromatic heterocycles. The zero-order valence-electron chi connectivity index (χ0n) is 29.1. The third-order valence-electron chi connectivity index (χ3n) is 11.3. The summed E-state index contributed by atoms with van der Waals surface area (Å²) in [5.74, 6) is 2.24. The van der Waals surface area contributed by atoms with Crippen LogP contribution in [0.15, 0.2) is 164 Å². The fraction of sp³-hybridized carbons (Fsp3) is 0.0408. The average Bonchev–Trinajstić information content (AvgIpc) is 3.89. The van der Waals surface area contributed by atoms with Gasteiger partial charge in [-0.15, -0.1) is 11.3 Å². The second-order valence-electron chi connectivity index (χ2n) is 14.2. The molecule has 0 bridgehead atoms. The van der Waals surface area contributed by atoms with E-state index in [1.54, 1.807) is 0 Å². The summed E-state index contributed by atoms with van der Waals surface area (Å²) >= 11 is 1.85. The van der Waals surface area contributed by atoms with Gasteiger partial charge in [0.25, 0.3) is 0 Å². The number of fused-ring (bicyclic) bond motifs is 9. The molecule has 0 saturated carbocycles. The van der Waals surface area contributed by atoms with Crippen LogP contribution in [0.2, 0.25) is 0 Å². The molecular formula is C49H30N4S. The van der Waals surface area contributed by atoms with Crippen LogP contribution in [0.3, 0.4) is 0 Å². The van der Waals surface area contributed by atoms with Gasteiger partial charge in [0, 0.05) is 59.2 Å². The van der Waals surface area contributed by atoms with E-state index >= 15 is 0 Å². The lowest BCUT2D eigenvalue weighted by Gasteiger charge is -2.17. The van der Waals surface area contributed by atoms with Gasteiger partial charge in [-0.05, 0) is 70.3 Å². The van der Waals surface area contributed by atoms with E-state index in [-0.39, 0.29) is 5.92 Å². The van der Waals surface area contributed by atoms with Gasteiger partial charge in [-0.25, -0.2) is 15.0 Å². The van der Waals surface area contributed by atoms with Gasteiger partial charge in [-0.1, -0.05) is 127 Å². The molecule has 3 heterocycles. The lowest BCUT2D eigenvalue weighted by Crippen LogP contribution is -2.08. The van der Waals surface area contributed by atoms with Crippen molar-refractivity contribution in [3.63, 3.8) is 0 Å². The molecular weight excluding hydrogens is 677 g/mol. The van der Waals surface area contributed by atoms with Crippen LogP contribution in [0.5, 0.6) is 0 Å². The van der Waals surface area contributed by atoms with Crippen LogP contribution < -0.4 is 0 Å². The smallest absolute Gasteiger partial charge is 0.165 e. The Balaban J connectivity index is 1.21. The molecule has 5 heteroatoms. The van der Waals surface area contributed by atoms with Crippen LogP contribution in [0, 0.1) is 0 Å². The predicted molar refractivity (Wildman–Crippen MR) is 226 cm³/mol. The van der Waals surface area contributed by atoms with Crippen molar-refractivity contribution in [2.45, 2.75) is 12.3 Å². The normalized spacial score (nSPS) is 14.6. The monoisotopic (exact) mass is 706 g/mol. The van der Waals surface area contributed by atoms with Crippen molar-refractivity contribution in [2.24, 2.45) is 0 Å². The number of allylic oxidation sites excluding steroid dienone is 4. The Hall–Kier alpha value is -6.69. The summed E-state index contributed by atoms with van der Waals surface area (Å²) in [6.45, 7) is 0. The number of nitrogens with zero attached hydrogens (tertiary/aromatic N) is 4. The molecule has 10 aromatic rings. The number of rotatable bonds is 4. The molecule has 7 aromatic carbocycles. The van der Waals surface area contributed by atoms with Crippen molar-refractivity contribution in [3.8, 4) is 50.7 Å². The van der Waals surface area contributed by atoms with Crippen molar-refractivity contribution in [1.29, 1.82) is 0 Å². The molecule has 0 aliphatic heterocycles. The van der Waals surface area contributed by atoms with Crippen molar-refractivity contribution in [1.82, 2.24) is 19.5 Å².